The minimum absolute atomic E-state index is 0.737. The van der Waals surface area contributed by atoms with Crippen LogP contribution in [0.2, 0.25) is 0 Å². The lowest BCUT2D eigenvalue weighted by Crippen LogP contribution is -1.78. The number of nitrogens with one attached hydrogen (secondary N) is 1. The normalized spacial score (nSPS) is 10.9. The van der Waals surface area contributed by atoms with Crippen molar-refractivity contribution < 1.29 is 14.6 Å². The summed E-state index contributed by atoms with van der Waals surface area (Å²) in [4.78, 5) is 3.87. The van der Waals surface area contributed by atoms with Crippen molar-refractivity contribution in [3.05, 3.63) is 22.2 Å². The summed E-state index contributed by atoms with van der Waals surface area (Å²) in [6.07, 6.45) is 0. The van der Waals surface area contributed by atoms with E-state index < -0.39 is 0 Å². The highest BCUT2D eigenvalue weighted by atomic mass is 32.2. The van der Waals surface area contributed by atoms with Gasteiger partial charge in [0, 0.05) is 4.90 Å². The second kappa shape index (κ2) is 4.39. The van der Waals surface area contributed by atoms with Crippen molar-refractivity contribution >= 4 is 45.8 Å². The quantitative estimate of drug-likeness (QED) is 0.377. The van der Waals surface area contributed by atoms with Gasteiger partial charge >= 0.3 is 0 Å². The summed E-state index contributed by atoms with van der Waals surface area (Å²) in [6.45, 7) is 0. The second-order valence-electron chi connectivity index (χ2n) is 2.40. The van der Waals surface area contributed by atoms with Gasteiger partial charge in [0.2, 0.25) is 0 Å². The van der Waals surface area contributed by atoms with Gasteiger partial charge in [-0.2, -0.15) is 0 Å². The molecule has 0 aliphatic rings. The molecule has 0 unspecified atom stereocenters. The highest BCUT2D eigenvalue weighted by Gasteiger charge is 2.00. The zero-order chi connectivity index (χ0) is 9.97. The van der Waals surface area contributed by atoms with Crippen LogP contribution < -0.4 is 0 Å². The molecule has 1 aromatic carbocycles. The molecule has 0 spiro atoms. The Morgan fingerprint density at radius 1 is 1.50 bits per heavy atom. The van der Waals surface area contributed by atoms with Gasteiger partial charge in [0.25, 0.3) is 0 Å². The molecule has 7 heteroatoms. The van der Waals surface area contributed by atoms with Gasteiger partial charge in [-0.25, -0.2) is 5.26 Å². The third kappa shape index (κ3) is 2.14. The molecule has 2 aromatic rings. The third-order valence-corrected chi connectivity index (χ3v) is 3.33. The molecule has 2 N–H and O–H groups in total. The maximum atomic E-state index is 7.98. The maximum absolute atomic E-state index is 7.98. The molecule has 0 aliphatic heterocycles. The Morgan fingerprint density at radius 2 is 2.36 bits per heavy atom. The van der Waals surface area contributed by atoms with E-state index in [9.17, 15) is 0 Å². The Morgan fingerprint density at radius 3 is 3.14 bits per heavy atom. The van der Waals surface area contributed by atoms with E-state index in [0.717, 1.165) is 31.1 Å². The first-order chi connectivity index (χ1) is 6.79. The van der Waals surface area contributed by atoms with Crippen LogP contribution in [0.1, 0.15) is 0 Å². The zero-order valence-electron chi connectivity index (χ0n) is 6.72. The van der Waals surface area contributed by atoms with Crippen LogP contribution in [0.4, 0.5) is 0 Å². The molecule has 0 aliphatic carbocycles. The van der Waals surface area contributed by atoms with Crippen molar-refractivity contribution in [2.75, 3.05) is 0 Å². The van der Waals surface area contributed by atoms with Crippen molar-refractivity contribution in [3.8, 4) is 0 Å². The summed E-state index contributed by atoms with van der Waals surface area (Å²) in [5, 5.41) is 11.5. The van der Waals surface area contributed by atoms with Crippen LogP contribution >= 0.6 is 35.6 Å². The predicted molar refractivity (Wildman–Crippen MR) is 57.7 cm³/mol. The molecule has 0 saturated heterocycles. The van der Waals surface area contributed by atoms with Crippen molar-refractivity contribution in [1.82, 2.24) is 4.98 Å². The molecule has 4 nitrogen and oxygen atoms in total. The predicted octanol–water partition coefficient (Wildman–Crippen LogP) is 3.39. The second-order valence-corrected chi connectivity index (χ2v) is 4.89. The molecule has 0 amide bonds. The number of H-pyrrole nitrogens is 1. The lowest BCUT2D eigenvalue weighted by Gasteiger charge is -1.96. The van der Waals surface area contributed by atoms with Gasteiger partial charge in [-0.1, -0.05) is 5.04 Å². The fourth-order valence-corrected chi connectivity index (χ4v) is 2.66. The molecule has 0 radical (unpaired) electrons. The Labute approximate surface area is 92.5 Å². The van der Waals surface area contributed by atoms with E-state index in [4.69, 9.17) is 17.5 Å². The number of hydrogen-bond acceptors (Lipinski definition) is 6. The number of aromatic amines is 1. The van der Waals surface area contributed by atoms with Gasteiger partial charge in [0.05, 0.1) is 22.3 Å². The van der Waals surface area contributed by atoms with Crippen molar-refractivity contribution in [1.29, 1.82) is 0 Å². The molecule has 1 heterocycles. The summed E-state index contributed by atoms with van der Waals surface area (Å²) >= 11 is 7.42. The molecular formula is C7H5NO3S3. The first-order valence-electron chi connectivity index (χ1n) is 3.57. The highest BCUT2D eigenvalue weighted by molar-refractivity contribution is 7.94. The van der Waals surface area contributed by atoms with E-state index in [1.165, 1.54) is 11.3 Å². The topological polar surface area (TPSA) is 54.5 Å². The Kier molecular flexibility index (Phi) is 3.16. The first kappa shape index (κ1) is 10.1. The monoisotopic (exact) mass is 247 g/mol. The molecule has 0 fully saturated rings. The largest absolute Gasteiger partial charge is 0.337 e. The fraction of sp³-hybridized carbons (Fsp3) is 0. The van der Waals surface area contributed by atoms with E-state index in [1.807, 2.05) is 18.2 Å². The number of rotatable bonds is 3. The van der Waals surface area contributed by atoms with Crippen LogP contribution in [0.3, 0.4) is 0 Å². The number of thiazole rings is 1. The summed E-state index contributed by atoms with van der Waals surface area (Å²) in [5.74, 6) is 0. The average molecular weight is 247 g/mol. The van der Waals surface area contributed by atoms with Gasteiger partial charge in [-0.05, 0) is 30.4 Å². The smallest absolute Gasteiger partial charge is 0.159 e. The van der Waals surface area contributed by atoms with Crippen molar-refractivity contribution in [2.45, 2.75) is 4.90 Å². The summed E-state index contributed by atoms with van der Waals surface area (Å²) in [6, 6.07) is 5.63. The van der Waals surface area contributed by atoms with Gasteiger partial charge < -0.3 is 4.98 Å². The number of hydrogen-bond donors (Lipinski definition) is 2. The Bertz CT molecular complexity index is 492. The maximum Gasteiger partial charge on any atom is 0.159 e. The molecule has 0 bridgehead atoms. The third-order valence-electron chi connectivity index (χ3n) is 1.55. The highest BCUT2D eigenvalue weighted by Crippen LogP contribution is 2.26. The van der Waals surface area contributed by atoms with E-state index in [0.29, 0.717) is 0 Å². The minimum Gasteiger partial charge on any atom is -0.337 e. The van der Waals surface area contributed by atoms with Crippen LogP contribution in [-0.2, 0) is 9.37 Å². The number of benzene rings is 1. The van der Waals surface area contributed by atoms with E-state index >= 15 is 0 Å². The average Bonchev–Trinajstić information content (AvgIpc) is 2.54. The van der Waals surface area contributed by atoms with Crippen LogP contribution in [0, 0.1) is 3.95 Å². The van der Waals surface area contributed by atoms with Gasteiger partial charge in [-0.3, -0.25) is 0 Å². The SMILES string of the molecule is OOOSc1ccc2[nH]c(=S)sc2c1. The Balaban J connectivity index is 2.35. The first-order valence-corrected chi connectivity index (χ1v) is 5.54. The molecule has 74 valence electrons. The van der Waals surface area contributed by atoms with E-state index in [-0.39, 0.29) is 0 Å². The zero-order valence-corrected chi connectivity index (χ0v) is 9.17. The summed E-state index contributed by atoms with van der Waals surface area (Å²) in [7, 11) is 0. The summed E-state index contributed by atoms with van der Waals surface area (Å²) < 4.78 is 6.10. The molecule has 0 saturated carbocycles. The van der Waals surface area contributed by atoms with Crippen molar-refractivity contribution in [3.63, 3.8) is 0 Å². The lowest BCUT2D eigenvalue weighted by molar-refractivity contribution is -0.432. The van der Waals surface area contributed by atoms with Gasteiger partial charge in [0.1, 0.15) is 0 Å². The standard InChI is InChI=1S/C7H5NO3S3/c9-10-11-14-4-1-2-5-6(3-4)13-7(12)8-5/h1-3,9H,(H,8,12). The van der Waals surface area contributed by atoms with Gasteiger partial charge in [0.15, 0.2) is 3.95 Å². The van der Waals surface area contributed by atoms with Crippen LogP contribution in [0.15, 0.2) is 23.1 Å². The molecule has 14 heavy (non-hydrogen) atoms. The summed E-state index contributed by atoms with van der Waals surface area (Å²) in [5.41, 5.74) is 0.995. The lowest BCUT2D eigenvalue weighted by atomic mass is 10.3. The van der Waals surface area contributed by atoms with Crippen molar-refractivity contribution in [2.24, 2.45) is 0 Å². The van der Waals surface area contributed by atoms with Crippen LogP contribution in [0.25, 0.3) is 10.2 Å². The molecule has 0 atom stereocenters. The number of fused-ring (bicyclic) bond motifs is 1. The minimum atomic E-state index is 0.737. The van der Waals surface area contributed by atoms with Crippen LogP contribution in [-0.4, -0.2) is 10.2 Å². The Hall–Kier alpha value is -0.440. The fourth-order valence-electron chi connectivity index (χ4n) is 1.03. The van der Waals surface area contributed by atoms with Gasteiger partial charge in [-0.15, -0.1) is 15.7 Å². The van der Waals surface area contributed by atoms with Crippen LogP contribution in [0.5, 0.6) is 0 Å². The molecular weight excluding hydrogens is 242 g/mol. The number of aromatic nitrogens is 1. The molecule has 2 rings (SSSR count). The van der Waals surface area contributed by atoms with E-state index in [1.54, 1.807) is 0 Å². The van der Waals surface area contributed by atoms with E-state index in [2.05, 4.69) is 14.4 Å². The molecule has 1 aromatic heterocycles.